The van der Waals surface area contributed by atoms with E-state index in [0.717, 1.165) is 12.8 Å². The summed E-state index contributed by atoms with van der Waals surface area (Å²) in [6.45, 7) is 3.33. The molecule has 0 spiro atoms. The number of oxazole rings is 1. The SMILES string of the molecule is CC(C)(C(=O)O)N(c1ncco1)C1CC1. The van der Waals surface area contributed by atoms with Crippen molar-refractivity contribution < 1.29 is 14.3 Å². The Kier molecular flexibility index (Phi) is 2.17. The molecule has 0 bridgehead atoms. The van der Waals surface area contributed by atoms with Crippen molar-refractivity contribution in [3.63, 3.8) is 0 Å². The number of hydrogen-bond donors (Lipinski definition) is 1. The maximum atomic E-state index is 11.2. The third-order valence-corrected chi connectivity index (χ3v) is 2.66. The number of aliphatic carboxylic acids is 1. The molecule has 2 rings (SSSR count). The van der Waals surface area contributed by atoms with Crippen LogP contribution in [0, 0.1) is 0 Å². The van der Waals surface area contributed by atoms with E-state index in [1.807, 2.05) is 0 Å². The lowest BCUT2D eigenvalue weighted by Gasteiger charge is -2.33. The Bertz CT molecular complexity index is 355. The van der Waals surface area contributed by atoms with Crippen molar-refractivity contribution in [2.24, 2.45) is 0 Å². The Morgan fingerprint density at radius 1 is 1.67 bits per heavy atom. The van der Waals surface area contributed by atoms with E-state index < -0.39 is 11.5 Å². The molecular weight excluding hydrogens is 196 g/mol. The van der Waals surface area contributed by atoms with Crippen LogP contribution in [-0.2, 0) is 4.79 Å². The molecule has 0 atom stereocenters. The smallest absolute Gasteiger partial charge is 0.329 e. The summed E-state index contributed by atoms with van der Waals surface area (Å²) >= 11 is 0. The lowest BCUT2D eigenvalue weighted by atomic mass is 10.0. The van der Waals surface area contributed by atoms with E-state index in [9.17, 15) is 9.90 Å². The van der Waals surface area contributed by atoms with Crippen molar-refractivity contribution in [3.8, 4) is 0 Å². The molecule has 1 heterocycles. The Morgan fingerprint density at radius 3 is 2.73 bits per heavy atom. The fourth-order valence-corrected chi connectivity index (χ4v) is 1.62. The monoisotopic (exact) mass is 210 g/mol. The summed E-state index contributed by atoms with van der Waals surface area (Å²) in [5, 5.41) is 9.18. The van der Waals surface area contributed by atoms with Crippen molar-refractivity contribution in [1.82, 2.24) is 4.98 Å². The van der Waals surface area contributed by atoms with E-state index >= 15 is 0 Å². The van der Waals surface area contributed by atoms with E-state index in [-0.39, 0.29) is 6.04 Å². The molecule has 0 aromatic carbocycles. The number of carboxylic acids is 1. The third kappa shape index (κ3) is 1.69. The van der Waals surface area contributed by atoms with Crippen LogP contribution in [0.3, 0.4) is 0 Å². The minimum Gasteiger partial charge on any atom is -0.480 e. The van der Waals surface area contributed by atoms with Crippen molar-refractivity contribution in [3.05, 3.63) is 12.5 Å². The Morgan fingerprint density at radius 2 is 2.33 bits per heavy atom. The maximum absolute atomic E-state index is 11.2. The first-order valence-electron chi connectivity index (χ1n) is 4.95. The second kappa shape index (κ2) is 3.25. The van der Waals surface area contributed by atoms with E-state index in [1.54, 1.807) is 18.7 Å². The van der Waals surface area contributed by atoms with Gasteiger partial charge in [0.15, 0.2) is 0 Å². The van der Waals surface area contributed by atoms with Crippen LogP contribution in [0.5, 0.6) is 0 Å². The first-order chi connectivity index (χ1) is 7.03. The molecule has 1 saturated carbocycles. The van der Waals surface area contributed by atoms with E-state index in [0.29, 0.717) is 6.01 Å². The molecule has 0 radical (unpaired) electrons. The summed E-state index contributed by atoms with van der Waals surface area (Å²) < 4.78 is 5.18. The molecule has 5 heteroatoms. The predicted octanol–water partition coefficient (Wildman–Crippen LogP) is 1.51. The quantitative estimate of drug-likeness (QED) is 0.815. The van der Waals surface area contributed by atoms with Crippen LogP contribution in [-0.4, -0.2) is 27.6 Å². The average molecular weight is 210 g/mol. The molecule has 5 nitrogen and oxygen atoms in total. The number of carbonyl (C=O) groups is 1. The molecule has 82 valence electrons. The second-order valence-electron chi connectivity index (χ2n) is 4.28. The molecule has 1 aliphatic carbocycles. The average Bonchev–Trinajstić information content (AvgIpc) is 2.80. The van der Waals surface area contributed by atoms with Crippen molar-refractivity contribution in [2.75, 3.05) is 4.90 Å². The summed E-state index contributed by atoms with van der Waals surface area (Å²) in [7, 11) is 0. The second-order valence-corrected chi connectivity index (χ2v) is 4.28. The van der Waals surface area contributed by atoms with Crippen LogP contribution in [0.1, 0.15) is 26.7 Å². The minimum atomic E-state index is -0.980. The van der Waals surface area contributed by atoms with Gasteiger partial charge in [-0.25, -0.2) is 9.78 Å². The normalized spacial score (nSPS) is 16.4. The van der Waals surface area contributed by atoms with Crippen LogP contribution in [0.2, 0.25) is 0 Å². The highest BCUT2D eigenvalue weighted by molar-refractivity contribution is 5.82. The van der Waals surface area contributed by atoms with Gasteiger partial charge in [-0.05, 0) is 26.7 Å². The van der Waals surface area contributed by atoms with Gasteiger partial charge in [-0.1, -0.05) is 0 Å². The van der Waals surface area contributed by atoms with Gasteiger partial charge in [0.2, 0.25) is 0 Å². The van der Waals surface area contributed by atoms with Gasteiger partial charge in [0.25, 0.3) is 6.01 Å². The lowest BCUT2D eigenvalue weighted by Crippen LogP contribution is -2.51. The number of aromatic nitrogens is 1. The summed E-state index contributed by atoms with van der Waals surface area (Å²) in [5.41, 5.74) is -0.980. The largest absolute Gasteiger partial charge is 0.480 e. The summed E-state index contributed by atoms with van der Waals surface area (Å²) in [6, 6.07) is 0.639. The number of nitrogens with zero attached hydrogens (tertiary/aromatic N) is 2. The van der Waals surface area contributed by atoms with Crippen molar-refractivity contribution >= 4 is 12.0 Å². The highest BCUT2D eigenvalue weighted by Gasteiger charge is 2.45. The molecule has 1 fully saturated rings. The van der Waals surface area contributed by atoms with Gasteiger partial charge in [-0.3, -0.25) is 0 Å². The van der Waals surface area contributed by atoms with Crippen LogP contribution in [0.25, 0.3) is 0 Å². The van der Waals surface area contributed by atoms with Crippen LogP contribution in [0.15, 0.2) is 16.9 Å². The summed E-state index contributed by atoms with van der Waals surface area (Å²) in [6.07, 6.45) is 4.99. The molecule has 0 unspecified atom stereocenters. The molecule has 1 aromatic heterocycles. The van der Waals surface area contributed by atoms with Gasteiger partial charge in [-0.2, -0.15) is 0 Å². The van der Waals surface area contributed by atoms with Gasteiger partial charge < -0.3 is 14.4 Å². The summed E-state index contributed by atoms with van der Waals surface area (Å²) in [5.74, 6) is -0.868. The van der Waals surface area contributed by atoms with Gasteiger partial charge >= 0.3 is 5.97 Å². The minimum absolute atomic E-state index is 0.245. The molecule has 0 amide bonds. The van der Waals surface area contributed by atoms with Crippen LogP contribution < -0.4 is 4.90 Å². The predicted molar refractivity (Wildman–Crippen MR) is 53.7 cm³/mol. The first-order valence-corrected chi connectivity index (χ1v) is 4.95. The topological polar surface area (TPSA) is 66.6 Å². The molecule has 1 N–H and O–H groups in total. The third-order valence-electron chi connectivity index (χ3n) is 2.66. The highest BCUT2D eigenvalue weighted by atomic mass is 16.4. The van der Waals surface area contributed by atoms with Crippen molar-refractivity contribution in [2.45, 2.75) is 38.3 Å². The van der Waals surface area contributed by atoms with Gasteiger partial charge in [0.1, 0.15) is 11.8 Å². The molecule has 1 aliphatic rings. The van der Waals surface area contributed by atoms with E-state index in [2.05, 4.69) is 4.98 Å². The molecule has 0 saturated heterocycles. The van der Waals surface area contributed by atoms with Crippen molar-refractivity contribution in [1.29, 1.82) is 0 Å². The zero-order valence-electron chi connectivity index (χ0n) is 8.80. The van der Waals surface area contributed by atoms with Gasteiger partial charge in [-0.15, -0.1) is 0 Å². The Labute approximate surface area is 87.7 Å². The molecule has 15 heavy (non-hydrogen) atoms. The first kappa shape index (κ1) is 10.0. The fourth-order valence-electron chi connectivity index (χ4n) is 1.62. The molecule has 1 aromatic rings. The number of hydrogen-bond acceptors (Lipinski definition) is 4. The van der Waals surface area contributed by atoms with Crippen LogP contribution >= 0.6 is 0 Å². The van der Waals surface area contributed by atoms with Crippen LogP contribution in [0.4, 0.5) is 6.01 Å². The molecular formula is C10H14N2O3. The Hall–Kier alpha value is -1.52. The van der Waals surface area contributed by atoms with Gasteiger partial charge in [0.05, 0.1) is 6.20 Å². The molecule has 0 aliphatic heterocycles. The van der Waals surface area contributed by atoms with Gasteiger partial charge in [0, 0.05) is 6.04 Å². The zero-order valence-corrected chi connectivity index (χ0v) is 8.80. The fraction of sp³-hybridized carbons (Fsp3) is 0.600. The highest BCUT2D eigenvalue weighted by Crippen LogP contribution is 2.36. The number of rotatable bonds is 4. The lowest BCUT2D eigenvalue weighted by molar-refractivity contribution is -0.142. The van der Waals surface area contributed by atoms with E-state index in [1.165, 1.54) is 12.5 Å². The maximum Gasteiger partial charge on any atom is 0.329 e. The zero-order chi connectivity index (χ0) is 11.1. The van der Waals surface area contributed by atoms with E-state index in [4.69, 9.17) is 4.42 Å². The number of carboxylic acid groups (broad SMARTS) is 1. The number of anilines is 1. The Balaban J connectivity index is 2.31. The standard InChI is InChI=1S/C10H14N2O3/c1-10(2,8(13)14)12(7-3-4-7)9-11-5-6-15-9/h5-7H,3-4H2,1-2H3,(H,13,14). The summed E-state index contributed by atoms with van der Waals surface area (Å²) in [4.78, 5) is 16.9.